The summed E-state index contributed by atoms with van der Waals surface area (Å²) in [5, 5.41) is 4.50. The Bertz CT molecular complexity index is 833. The maximum atomic E-state index is 13.2. The summed E-state index contributed by atoms with van der Waals surface area (Å²) in [6.07, 6.45) is 0.235. The zero-order valence-electron chi connectivity index (χ0n) is 17.0. The highest BCUT2D eigenvalue weighted by Crippen LogP contribution is 2.30. The minimum atomic E-state index is -0.737. The molecule has 0 radical (unpaired) electrons. The van der Waals surface area contributed by atoms with Gasteiger partial charge in [0.25, 0.3) is 5.91 Å². The van der Waals surface area contributed by atoms with Crippen LogP contribution in [0.4, 0.5) is 0 Å². The van der Waals surface area contributed by atoms with Gasteiger partial charge in [0.15, 0.2) is 6.10 Å². The molecule has 1 aliphatic heterocycles. The maximum absolute atomic E-state index is 13.2. The summed E-state index contributed by atoms with van der Waals surface area (Å²) in [6, 6.07) is 11.1. The lowest BCUT2D eigenvalue weighted by Crippen LogP contribution is -2.53. The standard InChI is InChI=1S/C21H28N4O3/c1-5-11-25-17(12-15(2)22-25)13-23(3)21(27)20-19(16-9-7-6-8-10-16)24(4)18(26)14-28-20/h6-10,12,19-20H,5,11,13-14H2,1-4H3/t19-,20+/m0/s1. The average molecular weight is 384 g/mol. The van der Waals surface area contributed by atoms with Crippen LogP contribution in [0.5, 0.6) is 0 Å². The number of aryl methyl sites for hydroxylation is 2. The SMILES string of the molecule is CCCn1nc(C)cc1CN(C)C(=O)[C@@H]1OCC(=O)N(C)[C@H]1c1ccccc1. The van der Waals surface area contributed by atoms with Gasteiger partial charge in [0.1, 0.15) is 6.61 Å². The lowest BCUT2D eigenvalue weighted by Gasteiger charge is -2.39. The van der Waals surface area contributed by atoms with Gasteiger partial charge >= 0.3 is 0 Å². The smallest absolute Gasteiger partial charge is 0.254 e. The molecule has 2 atom stereocenters. The van der Waals surface area contributed by atoms with Crippen LogP contribution in [0.3, 0.4) is 0 Å². The third-order valence-electron chi connectivity index (χ3n) is 5.06. The number of morpholine rings is 1. The minimum absolute atomic E-state index is 0.0864. The Morgan fingerprint density at radius 1 is 1.32 bits per heavy atom. The first-order chi connectivity index (χ1) is 13.4. The van der Waals surface area contributed by atoms with E-state index in [0.717, 1.165) is 29.9 Å². The number of rotatable bonds is 6. The summed E-state index contributed by atoms with van der Waals surface area (Å²) in [4.78, 5) is 28.7. The third kappa shape index (κ3) is 4.09. The monoisotopic (exact) mass is 384 g/mol. The average Bonchev–Trinajstić information content (AvgIpc) is 3.03. The van der Waals surface area contributed by atoms with E-state index in [2.05, 4.69) is 12.0 Å². The van der Waals surface area contributed by atoms with E-state index in [1.165, 1.54) is 0 Å². The summed E-state index contributed by atoms with van der Waals surface area (Å²) < 4.78 is 7.68. The molecule has 150 valence electrons. The van der Waals surface area contributed by atoms with Gasteiger partial charge in [-0.05, 0) is 25.0 Å². The Labute approximate surface area is 165 Å². The molecule has 2 aromatic rings. The lowest BCUT2D eigenvalue weighted by molar-refractivity contribution is -0.167. The second-order valence-electron chi connectivity index (χ2n) is 7.29. The van der Waals surface area contributed by atoms with Gasteiger partial charge in [-0.1, -0.05) is 37.3 Å². The topological polar surface area (TPSA) is 67.7 Å². The van der Waals surface area contributed by atoms with E-state index in [1.54, 1.807) is 23.9 Å². The number of carbonyl (C=O) groups excluding carboxylic acids is 2. The number of carbonyl (C=O) groups is 2. The normalized spacial score (nSPS) is 19.7. The van der Waals surface area contributed by atoms with Crippen molar-refractivity contribution in [1.82, 2.24) is 19.6 Å². The molecule has 0 bridgehead atoms. The molecule has 1 aromatic heterocycles. The highest BCUT2D eigenvalue weighted by molar-refractivity contribution is 5.86. The summed E-state index contributed by atoms with van der Waals surface area (Å²) in [5.41, 5.74) is 2.81. The first-order valence-electron chi connectivity index (χ1n) is 9.63. The first kappa shape index (κ1) is 20.1. The largest absolute Gasteiger partial charge is 0.356 e. The fraction of sp³-hybridized carbons (Fsp3) is 0.476. The van der Waals surface area contributed by atoms with Crippen LogP contribution in [0, 0.1) is 6.92 Å². The Balaban J connectivity index is 1.82. The van der Waals surface area contributed by atoms with Crippen LogP contribution in [-0.4, -0.2) is 58.2 Å². The molecule has 28 heavy (non-hydrogen) atoms. The molecule has 0 spiro atoms. The zero-order valence-corrected chi connectivity index (χ0v) is 17.0. The highest BCUT2D eigenvalue weighted by atomic mass is 16.5. The molecule has 0 unspecified atom stereocenters. The molecule has 7 nitrogen and oxygen atoms in total. The van der Waals surface area contributed by atoms with Crippen LogP contribution < -0.4 is 0 Å². The van der Waals surface area contributed by atoms with E-state index in [-0.39, 0.29) is 18.4 Å². The first-order valence-corrected chi connectivity index (χ1v) is 9.63. The van der Waals surface area contributed by atoms with Crippen LogP contribution >= 0.6 is 0 Å². The Kier molecular flexibility index (Phi) is 6.14. The van der Waals surface area contributed by atoms with Crippen molar-refractivity contribution >= 4 is 11.8 Å². The fourth-order valence-corrected chi connectivity index (χ4v) is 3.64. The predicted octanol–water partition coefficient (Wildman–Crippen LogP) is 2.16. The third-order valence-corrected chi connectivity index (χ3v) is 5.06. The number of hydrogen-bond donors (Lipinski definition) is 0. The number of aromatic nitrogens is 2. The summed E-state index contributed by atoms with van der Waals surface area (Å²) in [7, 11) is 3.49. The van der Waals surface area contributed by atoms with Crippen molar-refractivity contribution < 1.29 is 14.3 Å². The van der Waals surface area contributed by atoms with E-state index in [4.69, 9.17) is 4.74 Å². The Morgan fingerprint density at radius 2 is 2.04 bits per heavy atom. The van der Waals surface area contributed by atoms with Gasteiger partial charge in [0, 0.05) is 20.6 Å². The predicted molar refractivity (Wildman–Crippen MR) is 105 cm³/mol. The molecule has 7 heteroatoms. The molecule has 2 amide bonds. The fourth-order valence-electron chi connectivity index (χ4n) is 3.64. The van der Waals surface area contributed by atoms with Gasteiger partial charge in [0.2, 0.25) is 5.91 Å². The van der Waals surface area contributed by atoms with Crippen molar-refractivity contribution in [1.29, 1.82) is 0 Å². The molecular weight excluding hydrogens is 356 g/mol. The van der Waals surface area contributed by atoms with Crippen molar-refractivity contribution in [2.45, 2.75) is 45.5 Å². The zero-order chi connectivity index (χ0) is 20.3. The number of benzene rings is 1. The highest BCUT2D eigenvalue weighted by Gasteiger charge is 2.41. The van der Waals surface area contributed by atoms with Crippen molar-refractivity contribution in [3.8, 4) is 0 Å². The van der Waals surface area contributed by atoms with Crippen LogP contribution in [0.25, 0.3) is 0 Å². The van der Waals surface area contributed by atoms with Gasteiger partial charge in [-0.25, -0.2) is 0 Å². The molecule has 3 rings (SSSR count). The van der Waals surface area contributed by atoms with E-state index >= 15 is 0 Å². The molecule has 0 saturated carbocycles. The minimum Gasteiger partial charge on any atom is -0.356 e. The molecule has 1 aliphatic rings. The summed E-state index contributed by atoms with van der Waals surface area (Å²) >= 11 is 0. The van der Waals surface area contributed by atoms with Crippen LogP contribution in [0.1, 0.15) is 36.3 Å². The molecule has 1 aromatic carbocycles. The van der Waals surface area contributed by atoms with Crippen molar-refractivity contribution in [3.63, 3.8) is 0 Å². The second kappa shape index (κ2) is 8.56. The molecule has 1 saturated heterocycles. The quantitative estimate of drug-likeness (QED) is 0.765. The van der Waals surface area contributed by atoms with Crippen molar-refractivity contribution in [2.75, 3.05) is 20.7 Å². The van der Waals surface area contributed by atoms with Crippen LogP contribution in [0.15, 0.2) is 36.4 Å². The molecule has 0 N–H and O–H groups in total. The Morgan fingerprint density at radius 3 is 2.71 bits per heavy atom. The number of amides is 2. The van der Waals surface area contributed by atoms with Crippen LogP contribution in [0.2, 0.25) is 0 Å². The van der Waals surface area contributed by atoms with Gasteiger partial charge < -0.3 is 14.5 Å². The van der Waals surface area contributed by atoms with E-state index in [1.807, 2.05) is 48.0 Å². The molecular formula is C21H28N4O3. The number of ether oxygens (including phenoxy) is 1. The van der Waals surface area contributed by atoms with Gasteiger partial charge in [0.05, 0.1) is 24.0 Å². The molecule has 2 heterocycles. The number of likely N-dealkylation sites (N-methyl/N-ethyl adjacent to an activating group) is 2. The number of nitrogens with zero attached hydrogens (tertiary/aromatic N) is 4. The van der Waals surface area contributed by atoms with E-state index < -0.39 is 12.1 Å². The molecule has 1 fully saturated rings. The summed E-state index contributed by atoms with van der Waals surface area (Å²) in [5.74, 6) is -0.271. The number of hydrogen-bond acceptors (Lipinski definition) is 4. The molecule has 0 aliphatic carbocycles. The van der Waals surface area contributed by atoms with Gasteiger partial charge in [-0.15, -0.1) is 0 Å². The maximum Gasteiger partial charge on any atom is 0.254 e. The van der Waals surface area contributed by atoms with Crippen LogP contribution in [-0.2, 0) is 27.4 Å². The van der Waals surface area contributed by atoms with Crippen molar-refractivity contribution in [2.24, 2.45) is 0 Å². The second-order valence-corrected chi connectivity index (χ2v) is 7.29. The van der Waals surface area contributed by atoms with E-state index in [0.29, 0.717) is 6.54 Å². The van der Waals surface area contributed by atoms with Crippen molar-refractivity contribution in [3.05, 3.63) is 53.3 Å². The van der Waals surface area contributed by atoms with Gasteiger partial charge in [-0.3, -0.25) is 14.3 Å². The lowest BCUT2D eigenvalue weighted by atomic mass is 9.97. The Hall–Kier alpha value is -2.67. The summed E-state index contributed by atoms with van der Waals surface area (Å²) in [6.45, 7) is 5.22. The van der Waals surface area contributed by atoms with E-state index in [9.17, 15) is 9.59 Å². The van der Waals surface area contributed by atoms with Gasteiger partial charge in [-0.2, -0.15) is 5.10 Å².